The van der Waals surface area contributed by atoms with Crippen LogP contribution in [0.25, 0.3) is 0 Å². The van der Waals surface area contributed by atoms with E-state index in [-0.39, 0.29) is 24.0 Å². The van der Waals surface area contributed by atoms with E-state index in [1.807, 2.05) is 24.4 Å². The van der Waals surface area contributed by atoms with Crippen molar-refractivity contribution >= 4 is 41.3 Å². The number of hydrogen-bond acceptors (Lipinski definition) is 5. The first-order valence-electron chi connectivity index (χ1n) is 8.85. The summed E-state index contributed by atoms with van der Waals surface area (Å²) >= 11 is 1.69. The first-order valence-corrected chi connectivity index (χ1v) is 9.67. The fourth-order valence-electron chi connectivity index (χ4n) is 2.28. The van der Waals surface area contributed by atoms with E-state index in [9.17, 15) is 0 Å². The summed E-state index contributed by atoms with van der Waals surface area (Å²) < 4.78 is 10.8. The van der Waals surface area contributed by atoms with E-state index < -0.39 is 0 Å². The second kappa shape index (κ2) is 13.7. The van der Waals surface area contributed by atoms with E-state index in [0.29, 0.717) is 26.3 Å². The molecule has 150 valence electrons. The Labute approximate surface area is 182 Å². The zero-order valence-electron chi connectivity index (χ0n) is 16.2. The summed E-state index contributed by atoms with van der Waals surface area (Å²) in [7, 11) is 1.70. The van der Waals surface area contributed by atoms with Gasteiger partial charge in [-0.2, -0.15) is 0 Å². The summed E-state index contributed by atoms with van der Waals surface area (Å²) in [5.74, 6) is 1.65. The molecule has 8 heteroatoms. The molecule has 1 aromatic heterocycles. The van der Waals surface area contributed by atoms with Crippen molar-refractivity contribution in [1.82, 2.24) is 15.6 Å². The monoisotopic (exact) mass is 504 g/mol. The van der Waals surface area contributed by atoms with Crippen molar-refractivity contribution in [3.05, 3.63) is 45.9 Å². The molecular formula is C19H29IN4O2S. The van der Waals surface area contributed by atoms with Crippen molar-refractivity contribution in [3.63, 3.8) is 0 Å². The van der Waals surface area contributed by atoms with Crippen LogP contribution >= 0.6 is 35.3 Å². The second-order valence-corrected chi connectivity index (χ2v) is 7.07. The Morgan fingerprint density at radius 3 is 2.81 bits per heavy atom. The highest BCUT2D eigenvalue weighted by Gasteiger charge is 2.02. The molecule has 0 aliphatic heterocycles. The van der Waals surface area contributed by atoms with Crippen LogP contribution in [0.15, 0.2) is 35.5 Å². The molecule has 0 bridgehead atoms. The van der Waals surface area contributed by atoms with Crippen LogP contribution in [0.1, 0.15) is 28.8 Å². The standard InChI is InChI=1S/C19H28N4O2S.HI/c1-4-20-19(23-14-18-21-12-15(2)26-18)22-13-16-7-5-8-17(11-16)25-10-6-9-24-3;/h5,7-8,11-12H,4,6,9-10,13-14H2,1-3H3,(H2,20,22,23);1H. The van der Waals surface area contributed by atoms with Crippen LogP contribution in [0.4, 0.5) is 0 Å². The summed E-state index contributed by atoms with van der Waals surface area (Å²) in [5.41, 5.74) is 1.11. The molecule has 27 heavy (non-hydrogen) atoms. The first kappa shape index (κ1) is 23.6. The Bertz CT molecular complexity index is 694. The summed E-state index contributed by atoms with van der Waals surface area (Å²) in [5, 5.41) is 7.64. The van der Waals surface area contributed by atoms with Crippen molar-refractivity contribution in [3.8, 4) is 5.75 Å². The van der Waals surface area contributed by atoms with E-state index >= 15 is 0 Å². The van der Waals surface area contributed by atoms with Gasteiger partial charge in [0, 0.05) is 37.8 Å². The third-order valence-corrected chi connectivity index (χ3v) is 4.41. The number of benzene rings is 1. The Morgan fingerprint density at radius 1 is 1.26 bits per heavy atom. The van der Waals surface area contributed by atoms with Gasteiger partial charge in [0.05, 0.1) is 19.7 Å². The number of halogens is 1. The number of thiazole rings is 1. The van der Waals surface area contributed by atoms with Gasteiger partial charge in [-0.1, -0.05) is 12.1 Å². The number of nitrogens with zero attached hydrogens (tertiary/aromatic N) is 2. The average molecular weight is 504 g/mol. The molecule has 0 saturated heterocycles. The lowest BCUT2D eigenvalue weighted by Gasteiger charge is -2.11. The van der Waals surface area contributed by atoms with Gasteiger partial charge in [0.2, 0.25) is 0 Å². The molecule has 0 spiro atoms. The molecule has 2 aromatic rings. The highest BCUT2D eigenvalue weighted by molar-refractivity contribution is 14.0. The van der Waals surface area contributed by atoms with Gasteiger partial charge in [0.25, 0.3) is 0 Å². The van der Waals surface area contributed by atoms with E-state index in [1.165, 1.54) is 4.88 Å². The van der Waals surface area contributed by atoms with Crippen LogP contribution < -0.4 is 15.4 Å². The van der Waals surface area contributed by atoms with Gasteiger partial charge in [-0.05, 0) is 31.5 Å². The van der Waals surface area contributed by atoms with Crippen molar-refractivity contribution in [2.75, 3.05) is 26.9 Å². The number of aliphatic imine (C=N–C) groups is 1. The minimum atomic E-state index is 0. The molecule has 2 N–H and O–H groups in total. The van der Waals surface area contributed by atoms with Crippen LogP contribution in [-0.2, 0) is 17.8 Å². The van der Waals surface area contributed by atoms with Crippen LogP contribution in [0.5, 0.6) is 5.75 Å². The maximum atomic E-state index is 5.74. The van der Waals surface area contributed by atoms with Crippen LogP contribution in [0.3, 0.4) is 0 Å². The van der Waals surface area contributed by atoms with E-state index in [4.69, 9.17) is 9.47 Å². The van der Waals surface area contributed by atoms with Gasteiger partial charge in [-0.3, -0.25) is 0 Å². The smallest absolute Gasteiger partial charge is 0.191 e. The maximum Gasteiger partial charge on any atom is 0.191 e. The molecule has 0 radical (unpaired) electrons. The van der Waals surface area contributed by atoms with Gasteiger partial charge in [-0.15, -0.1) is 35.3 Å². The number of methoxy groups -OCH3 is 1. The minimum Gasteiger partial charge on any atom is -0.493 e. The number of aromatic nitrogens is 1. The normalized spacial score (nSPS) is 11.0. The highest BCUT2D eigenvalue weighted by atomic mass is 127. The fraction of sp³-hybridized carbons (Fsp3) is 0.474. The Morgan fingerprint density at radius 2 is 2.11 bits per heavy atom. The lowest BCUT2D eigenvalue weighted by atomic mass is 10.2. The topological polar surface area (TPSA) is 67.8 Å². The Hall–Kier alpha value is -1.39. The van der Waals surface area contributed by atoms with Crippen molar-refractivity contribution in [2.45, 2.75) is 33.4 Å². The molecule has 1 aromatic carbocycles. The second-order valence-electron chi connectivity index (χ2n) is 5.76. The molecule has 0 unspecified atom stereocenters. The lowest BCUT2D eigenvalue weighted by molar-refractivity contribution is 0.172. The van der Waals surface area contributed by atoms with Gasteiger partial charge < -0.3 is 20.1 Å². The molecule has 0 aliphatic carbocycles. The van der Waals surface area contributed by atoms with E-state index in [1.54, 1.807) is 18.4 Å². The highest BCUT2D eigenvalue weighted by Crippen LogP contribution is 2.14. The first-order chi connectivity index (χ1) is 12.7. The minimum absolute atomic E-state index is 0. The molecule has 2 rings (SSSR count). The number of aryl methyl sites for hydroxylation is 1. The van der Waals surface area contributed by atoms with Gasteiger partial charge in [0.15, 0.2) is 5.96 Å². The third kappa shape index (κ3) is 9.39. The predicted octanol–water partition coefficient (Wildman–Crippen LogP) is 3.74. The zero-order valence-corrected chi connectivity index (χ0v) is 19.3. The number of rotatable bonds is 10. The third-order valence-electron chi connectivity index (χ3n) is 3.50. The number of ether oxygens (including phenoxy) is 2. The van der Waals surface area contributed by atoms with Gasteiger partial charge >= 0.3 is 0 Å². The molecule has 0 aliphatic rings. The largest absolute Gasteiger partial charge is 0.493 e. The SMILES string of the molecule is CCNC(=NCc1cccc(OCCCOC)c1)NCc1ncc(C)s1.I. The molecule has 1 heterocycles. The fourth-order valence-corrected chi connectivity index (χ4v) is 3.01. The van der Waals surface area contributed by atoms with E-state index in [2.05, 4.69) is 40.5 Å². The van der Waals surface area contributed by atoms with Crippen molar-refractivity contribution < 1.29 is 9.47 Å². The molecule has 0 saturated carbocycles. The van der Waals surface area contributed by atoms with Gasteiger partial charge in [-0.25, -0.2) is 9.98 Å². The predicted molar refractivity (Wildman–Crippen MR) is 122 cm³/mol. The molecular weight excluding hydrogens is 475 g/mol. The van der Waals surface area contributed by atoms with Crippen molar-refractivity contribution in [2.24, 2.45) is 4.99 Å². The molecule has 6 nitrogen and oxygen atoms in total. The maximum absolute atomic E-state index is 5.74. The quantitative estimate of drug-likeness (QED) is 0.223. The number of hydrogen-bond donors (Lipinski definition) is 2. The van der Waals surface area contributed by atoms with E-state index in [0.717, 1.165) is 35.2 Å². The van der Waals surface area contributed by atoms with Crippen molar-refractivity contribution in [1.29, 1.82) is 0 Å². The van der Waals surface area contributed by atoms with Crippen LogP contribution in [0.2, 0.25) is 0 Å². The molecule has 0 amide bonds. The van der Waals surface area contributed by atoms with Crippen LogP contribution in [-0.4, -0.2) is 37.8 Å². The summed E-state index contributed by atoms with van der Waals surface area (Å²) in [6.07, 6.45) is 2.77. The molecule has 0 fully saturated rings. The molecule has 0 atom stereocenters. The Kier molecular flexibility index (Phi) is 12.0. The van der Waals surface area contributed by atoms with Crippen LogP contribution in [0, 0.1) is 6.92 Å². The van der Waals surface area contributed by atoms with Gasteiger partial charge in [0.1, 0.15) is 10.8 Å². The lowest BCUT2D eigenvalue weighted by Crippen LogP contribution is -2.36. The zero-order chi connectivity index (χ0) is 18.6. The number of nitrogens with one attached hydrogen (secondary N) is 2. The average Bonchev–Trinajstić information content (AvgIpc) is 3.07. The summed E-state index contributed by atoms with van der Waals surface area (Å²) in [6, 6.07) is 8.05. The Balaban J connectivity index is 0.00000364. The summed E-state index contributed by atoms with van der Waals surface area (Å²) in [4.78, 5) is 10.2. The number of guanidine groups is 1. The summed E-state index contributed by atoms with van der Waals surface area (Å²) in [6.45, 7) is 7.54.